The maximum absolute atomic E-state index is 14.6. The van der Waals surface area contributed by atoms with Crippen LogP contribution in [0.15, 0.2) is 102 Å². The minimum absolute atomic E-state index is 0.0679. The predicted octanol–water partition coefficient (Wildman–Crippen LogP) is 5.98. The highest BCUT2D eigenvalue weighted by Crippen LogP contribution is 2.27. The molecule has 1 atom stereocenters. The molecule has 4 aromatic carbocycles. The van der Waals surface area contributed by atoms with Crippen molar-refractivity contribution in [2.75, 3.05) is 24.5 Å². The molecule has 0 saturated heterocycles. The topological polar surface area (TPSA) is 96.0 Å². The Morgan fingerprint density at radius 3 is 2.17 bits per heavy atom. The highest BCUT2D eigenvalue weighted by atomic mass is 32.2. The van der Waals surface area contributed by atoms with Gasteiger partial charge in [0.15, 0.2) is 0 Å². The SMILES string of the molecule is CCCNC(=O)[C@H](Cc1ccccc1)N(Cc1cccc(OC)c1)C(=O)CN(c1ccc(C)c(C)c1)S(=O)(=O)c1ccc(C)cc1. The van der Waals surface area contributed by atoms with Crippen LogP contribution in [0.3, 0.4) is 0 Å². The Morgan fingerprint density at radius 2 is 1.52 bits per heavy atom. The predicted molar refractivity (Wildman–Crippen MR) is 182 cm³/mol. The van der Waals surface area contributed by atoms with Crippen LogP contribution in [-0.4, -0.2) is 51.4 Å². The summed E-state index contributed by atoms with van der Waals surface area (Å²) in [5.74, 6) is -0.205. The van der Waals surface area contributed by atoms with E-state index in [1.165, 1.54) is 4.90 Å². The van der Waals surface area contributed by atoms with Gasteiger partial charge in [-0.15, -0.1) is 0 Å². The molecule has 0 radical (unpaired) electrons. The first kappa shape index (κ1) is 34.2. The van der Waals surface area contributed by atoms with Gasteiger partial charge in [-0.3, -0.25) is 13.9 Å². The molecular formula is C37H43N3O5S. The second kappa shape index (κ2) is 15.6. The zero-order valence-corrected chi connectivity index (χ0v) is 28.0. The Kier molecular flexibility index (Phi) is 11.6. The van der Waals surface area contributed by atoms with Crippen molar-refractivity contribution >= 4 is 27.5 Å². The van der Waals surface area contributed by atoms with Crippen LogP contribution in [-0.2, 0) is 32.6 Å². The molecule has 0 bridgehead atoms. The molecule has 0 unspecified atom stereocenters. The molecule has 0 aliphatic carbocycles. The van der Waals surface area contributed by atoms with Crippen molar-refractivity contribution in [3.05, 3.63) is 125 Å². The summed E-state index contributed by atoms with van der Waals surface area (Å²) >= 11 is 0. The molecule has 0 aliphatic heterocycles. The molecule has 0 fully saturated rings. The Morgan fingerprint density at radius 1 is 0.826 bits per heavy atom. The smallest absolute Gasteiger partial charge is 0.264 e. The number of rotatable bonds is 14. The quantitative estimate of drug-likeness (QED) is 0.183. The van der Waals surface area contributed by atoms with Crippen molar-refractivity contribution in [1.29, 1.82) is 0 Å². The van der Waals surface area contributed by atoms with Crippen LogP contribution in [0.25, 0.3) is 0 Å². The number of carbonyl (C=O) groups excluding carboxylic acids is 2. The lowest BCUT2D eigenvalue weighted by molar-refractivity contribution is -0.140. The number of hydrogen-bond donors (Lipinski definition) is 1. The summed E-state index contributed by atoms with van der Waals surface area (Å²) in [7, 11) is -2.60. The van der Waals surface area contributed by atoms with Crippen LogP contribution < -0.4 is 14.4 Å². The van der Waals surface area contributed by atoms with Gasteiger partial charge in [0.2, 0.25) is 11.8 Å². The molecule has 0 spiro atoms. The third kappa shape index (κ3) is 8.54. The minimum atomic E-state index is -4.17. The van der Waals surface area contributed by atoms with Gasteiger partial charge in [0, 0.05) is 19.5 Å². The zero-order valence-electron chi connectivity index (χ0n) is 27.2. The first-order valence-electron chi connectivity index (χ1n) is 15.4. The summed E-state index contributed by atoms with van der Waals surface area (Å²) in [5.41, 5.74) is 4.79. The average Bonchev–Trinajstić information content (AvgIpc) is 3.06. The highest BCUT2D eigenvalue weighted by molar-refractivity contribution is 7.92. The summed E-state index contributed by atoms with van der Waals surface area (Å²) in [6.07, 6.45) is 0.976. The molecule has 242 valence electrons. The van der Waals surface area contributed by atoms with Crippen LogP contribution in [0, 0.1) is 20.8 Å². The number of methoxy groups -OCH3 is 1. The third-order valence-electron chi connectivity index (χ3n) is 7.97. The van der Waals surface area contributed by atoms with Crippen molar-refractivity contribution in [2.24, 2.45) is 0 Å². The molecule has 46 heavy (non-hydrogen) atoms. The van der Waals surface area contributed by atoms with Crippen LogP contribution >= 0.6 is 0 Å². The third-order valence-corrected chi connectivity index (χ3v) is 9.76. The molecule has 4 aromatic rings. The van der Waals surface area contributed by atoms with E-state index in [4.69, 9.17) is 4.74 Å². The molecule has 0 aliphatic rings. The monoisotopic (exact) mass is 641 g/mol. The first-order valence-corrected chi connectivity index (χ1v) is 16.9. The fraction of sp³-hybridized carbons (Fsp3) is 0.297. The second-order valence-electron chi connectivity index (χ2n) is 11.5. The molecule has 2 amide bonds. The van der Waals surface area contributed by atoms with Crippen molar-refractivity contribution in [3.63, 3.8) is 0 Å². The summed E-state index contributed by atoms with van der Waals surface area (Å²) in [6, 6.07) is 27.8. The van der Waals surface area contributed by atoms with Crippen LogP contribution in [0.4, 0.5) is 5.69 Å². The number of anilines is 1. The van der Waals surface area contributed by atoms with E-state index in [0.717, 1.165) is 38.5 Å². The number of nitrogens with one attached hydrogen (secondary N) is 1. The lowest BCUT2D eigenvalue weighted by atomic mass is 10.0. The number of amides is 2. The summed E-state index contributed by atoms with van der Waals surface area (Å²) in [4.78, 5) is 29.9. The van der Waals surface area contributed by atoms with E-state index in [1.54, 1.807) is 49.6 Å². The number of benzene rings is 4. The van der Waals surface area contributed by atoms with Gasteiger partial charge in [0.25, 0.3) is 10.0 Å². The largest absolute Gasteiger partial charge is 0.497 e. The Bertz CT molecular complexity index is 1740. The molecular weight excluding hydrogens is 598 g/mol. The summed E-state index contributed by atoms with van der Waals surface area (Å²) in [5, 5.41) is 2.97. The molecule has 8 nitrogen and oxygen atoms in total. The van der Waals surface area contributed by atoms with E-state index in [2.05, 4.69) is 5.32 Å². The van der Waals surface area contributed by atoms with Gasteiger partial charge >= 0.3 is 0 Å². The summed E-state index contributed by atoms with van der Waals surface area (Å²) in [6.45, 7) is 7.70. The van der Waals surface area contributed by atoms with Gasteiger partial charge in [0.1, 0.15) is 18.3 Å². The van der Waals surface area contributed by atoms with Crippen LogP contribution in [0.2, 0.25) is 0 Å². The Balaban J connectivity index is 1.82. The number of carbonyl (C=O) groups is 2. The lowest BCUT2D eigenvalue weighted by Crippen LogP contribution is -2.53. The number of sulfonamides is 1. The molecule has 0 heterocycles. The van der Waals surface area contributed by atoms with Crippen molar-refractivity contribution in [2.45, 2.75) is 58.0 Å². The van der Waals surface area contributed by atoms with Crippen molar-refractivity contribution < 1.29 is 22.7 Å². The van der Waals surface area contributed by atoms with E-state index in [1.807, 2.05) is 82.3 Å². The highest BCUT2D eigenvalue weighted by Gasteiger charge is 2.34. The van der Waals surface area contributed by atoms with E-state index in [0.29, 0.717) is 18.0 Å². The minimum Gasteiger partial charge on any atom is -0.497 e. The zero-order chi connectivity index (χ0) is 33.3. The van der Waals surface area contributed by atoms with E-state index in [9.17, 15) is 18.0 Å². The van der Waals surface area contributed by atoms with Gasteiger partial charge < -0.3 is 15.0 Å². The molecule has 1 N–H and O–H groups in total. The van der Waals surface area contributed by atoms with Gasteiger partial charge in [-0.05, 0) is 85.8 Å². The fourth-order valence-electron chi connectivity index (χ4n) is 5.13. The van der Waals surface area contributed by atoms with E-state index < -0.39 is 28.5 Å². The fourth-order valence-corrected chi connectivity index (χ4v) is 6.54. The van der Waals surface area contributed by atoms with Crippen molar-refractivity contribution in [1.82, 2.24) is 10.2 Å². The normalized spacial score (nSPS) is 11.8. The standard InChI is InChI=1S/C37H43N3O5S/c1-6-21-38-37(42)35(24-30-11-8-7-9-12-30)39(25-31-13-10-14-33(23-31)45-5)36(41)26-40(32-18-17-28(3)29(4)22-32)46(43,44)34-19-15-27(2)16-20-34/h7-20,22-23,35H,6,21,24-26H2,1-5H3,(H,38,42)/t35-/m0/s1. The van der Waals surface area contributed by atoms with Crippen LogP contribution in [0.1, 0.15) is 41.2 Å². The van der Waals surface area contributed by atoms with Crippen molar-refractivity contribution in [3.8, 4) is 5.75 Å². The molecule has 4 rings (SSSR count). The lowest BCUT2D eigenvalue weighted by Gasteiger charge is -2.34. The van der Waals surface area contributed by atoms with Gasteiger partial charge in [0.05, 0.1) is 17.7 Å². The molecule has 0 saturated carbocycles. The van der Waals surface area contributed by atoms with Gasteiger partial charge in [-0.2, -0.15) is 0 Å². The summed E-state index contributed by atoms with van der Waals surface area (Å²) < 4.78 is 35.0. The average molecular weight is 642 g/mol. The Labute approximate surface area is 273 Å². The second-order valence-corrected chi connectivity index (χ2v) is 13.3. The van der Waals surface area contributed by atoms with E-state index in [-0.39, 0.29) is 23.8 Å². The number of nitrogens with zero attached hydrogens (tertiary/aromatic N) is 2. The van der Waals surface area contributed by atoms with Gasteiger partial charge in [-0.25, -0.2) is 8.42 Å². The van der Waals surface area contributed by atoms with Gasteiger partial charge in [-0.1, -0.05) is 73.2 Å². The number of hydrogen-bond acceptors (Lipinski definition) is 5. The Hall–Kier alpha value is -4.63. The maximum Gasteiger partial charge on any atom is 0.264 e. The number of aryl methyl sites for hydroxylation is 3. The van der Waals surface area contributed by atoms with Crippen LogP contribution in [0.5, 0.6) is 5.75 Å². The van der Waals surface area contributed by atoms with E-state index >= 15 is 0 Å². The molecule has 9 heteroatoms. The maximum atomic E-state index is 14.6. The first-order chi connectivity index (χ1) is 22.0. The molecule has 0 aromatic heterocycles. The number of ether oxygens (including phenoxy) is 1.